The first-order valence-corrected chi connectivity index (χ1v) is 8.84. The van der Waals surface area contributed by atoms with E-state index in [-0.39, 0.29) is 17.3 Å². The first-order valence-electron chi connectivity index (χ1n) is 7.40. The average molecular weight is 330 g/mol. The van der Waals surface area contributed by atoms with Crippen LogP contribution in [-0.4, -0.2) is 24.3 Å². The molecule has 0 fully saturated rings. The van der Waals surface area contributed by atoms with Crippen molar-refractivity contribution in [2.45, 2.75) is 17.9 Å². The first kappa shape index (κ1) is 14.4. The molecule has 3 aromatic rings. The zero-order valence-corrected chi connectivity index (χ0v) is 13.1. The third-order valence-corrected chi connectivity index (χ3v) is 6.14. The smallest absolute Gasteiger partial charge is 0.243 e. The molecule has 0 atom stereocenters. The Morgan fingerprint density at radius 1 is 1.09 bits per heavy atom. The number of halogens is 1. The van der Waals surface area contributed by atoms with E-state index in [0.29, 0.717) is 13.0 Å². The molecule has 0 saturated heterocycles. The average Bonchev–Trinajstić information content (AvgIpc) is 2.93. The summed E-state index contributed by atoms with van der Waals surface area (Å²) in [6, 6.07) is 13.0. The van der Waals surface area contributed by atoms with E-state index in [1.54, 1.807) is 36.4 Å². The fraction of sp³-hybridized carbons (Fsp3) is 0.176. The van der Waals surface area contributed by atoms with Crippen LogP contribution in [-0.2, 0) is 23.0 Å². The number of benzene rings is 2. The topological polar surface area (TPSA) is 53.2 Å². The fourth-order valence-corrected chi connectivity index (χ4v) is 4.54. The molecule has 2 heterocycles. The van der Waals surface area contributed by atoms with Crippen LogP contribution in [0.15, 0.2) is 53.4 Å². The summed E-state index contributed by atoms with van der Waals surface area (Å²) in [6.45, 7) is 0.676. The quantitative estimate of drug-likeness (QED) is 0.785. The molecule has 0 saturated carbocycles. The number of rotatable bonds is 2. The lowest BCUT2D eigenvalue weighted by Crippen LogP contribution is -2.35. The standard InChI is InChI=1S/C17H15FN2O2S/c18-12-6-7-16-14(10-12)15-11-20(9-8-17(15)19-16)23(21,22)13-4-2-1-3-5-13/h1-7,10,19H,8-9,11H2. The van der Waals surface area contributed by atoms with E-state index < -0.39 is 10.0 Å². The molecule has 0 bridgehead atoms. The number of hydrogen-bond donors (Lipinski definition) is 1. The number of H-pyrrole nitrogens is 1. The van der Waals surface area contributed by atoms with Crippen LogP contribution in [0, 0.1) is 5.82 Å². The number of fused-ring (bicyclic) bond motifs is 3. The van der Waals surface area contributed by atoms with E-state index in [1.807, 2.05) is 0 Å². The summed E-state index contributed by atoms with van der Waals surface area (Å²) in [4.78, 5) is 3.55. The van der Waals surface area contributed by atoms with Gasteiger partial charge in [0.1, 0.15) is 5.82 Å². The first-order chi connectivity index (χ1) is 11.1. The molecule has 118 valence electrons. The van der Waals surface area contributed by atoms with Gasteiger partial charge in [-0.15, -0.1) is 0 Å². The van der Waals surface area contributed by atoms with Gasteiger partial charge in [0, 0.05) is 36.1 Å². The van der Waals surface area contributed by atoms with E-state index >= 15 is 0 Å². The molecular formula is C17H15FN2O2S. The maximum absolute atomic E-state index is 13.5. The Kier molecular flexibility index (Phi) is 3.25. The molecule has 6 heteroatoms. The van der Waals surface area contributed by atoms with Gasteiger partial charge < -0.3 is 4.98 Å². The third kappa shape index (κ3) is 2.34. The lowest BCUT2D eigenvalue weighted by atomic mass is 10.1. The number of sulfonamides is 1. The number of hydrogen-bond acceptors (Lipinski definition) is 2. The molecule has 1 aliphatic heterocycles. The number of aromatic amines is 1. The summed E-state index contributed by atoms with van der Waals surface area (Å²) in [5.41, 5.74) is 2.70. The molecule has 1 N–H and O–H groups in total. The molecule has 0 aliphatic carbocycles. The normalized spacial score (nSPS) is 15.7. The SMILES string of the molecule is O=S(=O)(c1ccccc1)N1CCc2[nH]c3ccc(F)cc3c2C1. The summed E-state index contributed by atoms with van der Waals surface area (Å²) >= 11 is 0. The molecule has 0 radical (unpaired) electrons. The van der Waals surface area contributed by atoms with E-state index in [2.05, 4.69) is 4.98 Å². The zero-order chi connectivity index (χ0) is 16.0. The predicted octanol–water partition coefficient (Wildman–Crippen LogP) is 3.05. The minimum atomic E-state index is -3.54. The number of nitrogens with one attached hydrogen (secondary N) is 1. The number of aromatic nitrogens is 1. The molecule has 4 nitrogen and oxygen atoms in total. The van der Waals surface area contributed by atoms with Gasteiger partial charge in [-0.2, -0.15) is 4.31 Å². The zero-order valence-electron chi connectivity index (χ0n) is 12.3. The summed E-state index contributed by atoms with van der Waals surface area (Å²) in [6.07, 6.45) is 0.595. The van der Waals surface area contributed by atoms with Crippen molar-refractivity contribution in [3.05, 3.63) is 65.6 Å². The van der Waals surface area contributed by atoms with Crippen LogP contribution in [0.1, 0.15) is 11.3 Å². The molecule has 23 heavy (non-hydrogen) atoms. The monoisotopic (exact) mass is 330 g/mol. The highest BCUT2D eigenvalue weighted by Gasteiger charge is 2.30. The highest BCUT2D eigenvalue weighted by molar-refractivity contribution is 7.89. The predicted molar refractivity (Wildman–Crippen MR) is 86.0 cm³/mol. The van der Waals surface area contributed by atoms with Gasteiger partial charge in [-0.1, -0.05) is 18.2 Å². The van der Waals surface area contributed by atoms with Gasteiger partial charge >= 0.3 is 0 Å². The van der Waals surface area contributed by atoms with E-state index in [4.69, 9.17) is 0 Å². The van der Waals surface area contributed by atoms with Gasteiger partial charge in [-0.3, -0.25) is 0 Å². The van der Waals surface area contributed by atoms with Crippen molar-refractivity contribution in [2.75, 3.05) is 6.54 Å². The van der Waals surface area contributed by atoms with Crippen molar-refractivity contribution >= 4 is 20.9 Å². The molecule has 0 spiro atoms. The Bertz CT molecular complexity index is 981. The molecule has 2 aromatic carbocycles. The van der Waals surface area contributed by atoms with Crippen LogP contribution in [0.3, 0.4) is 0 Å². The highest BCUT2D eigenvalue weighted by atomic mass is 32.2. The fourth-order valence-electron chi connectivity index (χ4n) is 3.11. The molecule has 0 amide bonds. The van der Waals surface area contributed by atoms with Crippen molar-refractivity contribution in [1.29, 1.82) is 0 Å². The Hall–Kier alpha value is -2.18. The third-order valence-electron chi connectivity index (χ3n) is 4.28. The molecule has 0 unspecified atom stereocenters. The largest absolute Gasteiger partial charge is 0.358 e. The van der Waals surface area contributed by atoms with Gasteiger partial charge in [-0.05, 0) is 35.9 Å². The summed E-state index contributed by atoms with van der Waals surface area (Å²) in [7, 11) is -3.54. The van der Waals surface area contributed by atoms with Gasteiger partial charge in [0.25, 0.3) is 0 Å². The van der Waals surface area contributed by atoms with Crippen molar-refractivity contribution < 1.29 is 12.8 Å². The van der Waals surface area contributed by atoms with Gasteiger partial charge in [0.05, 0.1) is 4.90 Å². The highest BCUT2D eigenvalue weighted by Crippen LogP contribution is 2.30. The molecule has 1 aromatic heterocycles. The molecular weight excluding hydrogens is 315 g/mol. The Morgan fingerprint density at radius 3 is 2.65 bits per heavy atom. The summed E-state index contributed by atoms with van der Waals surface area (Å²) in [5, 5.41) is 0.757. The maximum Gasteiger partial charge on any atom is 0.243 e. The lowest BCUT2D eigenvalue weighted by Gasteiger charge is -2.26. The van der Waals surface area contributed by atoms with Crippen LogP contribution in [0.4, 0.5) is 4.39 Å². The van der Waals surface area contributed by atoms with E-state index in [9.17, 15) is 12.8 Å². The Balaban J connectivity index is 1.77. The molecule has 1 aliphatic rings. The van der Waals surface area contributed by atoms with Crippen molar-refractivity contribution in [1.82, 2.24) is 9.29 Å². The minimum Gasteiger partial charge on any atom is -0.358 e. The Morgan fingerprint density at radius 2 is 1.87 bits per heavy atom. The van der Waals surface area contributed by atoms with Crippen molar-refractivity contribution in [2.24, 2.45) is 0 Å². The van der Waals surface area contributed by atoms with Crippen molar-refractivity contribution in [3.63, 3.8) is 0 Å². The van der Waals surface area contributed by atoms with Crippen LogP contribution in [0.2, 0.25) is 0 Å². The second kappa shape index (κ2) is 5.18. The lowest BCUT2D eigenvalue weighted by molar-refractivity contribution is 0.391. The van der Waals surface area contributed by atoms with Crippen LogP contribution >= 0.6 is 0 Å². The summed E-state index contributed by atoms with van der Waals surface area (Å²) in [5.74, 6) is -0.317. The second-order valence-corrected chi connectivity index (χ2v) is 7.61. The van der Waals surface area contributed by atoms with Crippen molar-refractivity contribution in [3.8, 4) is 0 Å². The minimum absolute atomic E-state index is 0.260. The van der Waals surface area contributed by atoms with Gasteiger partial charge in [0.2, 0.25) is 10.0 Å². The van der Waals surface area contributed by atoms with Gasteiger partial charge in [-0.25, -0.2) is 12.8 Å². The van der Waals surface area contributed by atoms with E-state index in [0.717, 1.165) is 22.2 Å². The maximum atomic E-state index is 13.5. The molecule has 4 rings (SSSR count). The van der Waals surface area contributed by atoms with Crippen LogP contribution in [0.25, 0.3) is 10.9 Å². The second-order valence-electron chi connectivity index (χ2n) is 5.67. The van der Waals surface area contributed by atoms with E-state index in [1.165, 1.54) is 16.4 Å². The van der Waals surface area contributed by atoms with Crippen LogP contribution < -0.4 is 0 Å². The summed E-state index contributed by atoms with van der Waals surface area (Å²) < 4.78 is 40.5. The Labute approximate surface area is 133 Å². The van der Waals surface area contributed by atoms with Gasteiger partial charge in [0.15, 0.2) is 0 Å². The van der Waals surface area contributed by atoms with Crippen LogP contribution in [0.5, 0.6) is 0 Å². The number of nitrogens with zero attached hydrogens (tertiary/aromatic N) is 1.